The minimum Gasteiger partial charge on any atom is -0.461 e. The van der Waals surface area contributed by atoms with Crippen molar-refractivity contribution in [2.24, 2.45) is 5.34 Å². The van der Waals surface area contributed by atoms with Gasteiger partial charge in [0.15, 0.2) is 5.34 Å². The van der Waals surface area contributed by atoms with Crippen molar-refractivity contribution in [2.45, 2.75) is 0 Å². The van der Waals surface area contributed by atoms with E-state index in [9.17, 15) is 9.59 Å². The van der Waals surface area contributed by atoms with E-state index in [-0.39, 0.29) is 0 Å². The summed E-state index contributed by atoms with van der Waals surface area (Å²) in [5, 5.41) is 8.99. The number of hydrogen-bond donors (Lipinski definition) is 1. The lowest BCUT2D eigenvalue weighted by Gasteiger charge is -1.92. The topological polar surface area (TPSA) is 111 Å². The van der Waals surface area contributed by atoms with Crippen molar-refractivity contribution < 1.29 is 29.0 Å². The predicted octanol–water partition coefficient (Wildman–Crippen LogP) is -0.745. The number of nitrogens with zero attached hydrogens (tertiary/aromatic N) is 1. The fourth-order valence-corrected chi connectivity index (χ4v) is 0.167. The molecule has 0 amide bonds. The molecule has 0 aromatic heterocycles. The summed E-state index contributed by atoms with van der Waals surface area (Å²) < 4.78 is 7.98. The van der Waals surface area contributed by atoms with Crippen molar-refractivity contribution in [1.82, 2.24) is 0 Å². The first-order chi connectivity index (χ1) is 6.63. The lowest BCUT2D eigenvalue weighted by molar-refractivity contribution is -0.164. The Kier molecular flexibility index (Phi) is 22.6. The summed E-state index contributed by atoms with van der Waals surface area (Å²) in [7, 11) is 4.42. The fraction of sp³-hybridized carbons (Fsp3) is 0.667. The summed E-state index contributed by atoms with van der Waals surface area (Å²) in [6, 6.07) is 0. The molecule has 84 valence electrons. The molecular formula is C6H13NO7. The van der Waals surface area contributed by atoms with Crippen molar-refractivity contribution in [1.29, 1.82) is 0 Å². The van der Waals surface area contributed by atoms with Gasteiger partial charge in [-0.05, 0) is 0 Å². The second-order valence-corrected chi connectivity index (χ2v) is 1.24. The van der Waals surface area contributed by atoms with Gasteiger partial charge in [-0.3, -0.25) is 0 Å². The van der Waals surface area contributed by atoms with E-state index in [2.05, 4.69) is 14.3 Å². The van der Waals surface area contributed by atoms with Crippen molar-refractivity contribution in [3.8, 4) is 0 Å². The Labute approximate surface area is 80.7 Å². The summed E-state index contributed by atoms with van der Waals surface area (Å²) in [5.74, 6) is -1.96. The molecule has 8 nitrogen and oxygen atoms in total. The number of aliphatic hydroxyl groups excluding tert-OH is 1. The molecule has 0 aliphatic heterocycles. The van der Waals surface area contributed by atoms with Gasteiger partial charge >= 0.3 is 11.9 Å². The van der Waals surface area contributed by atoms with Gasteiger partial charge in [0, 0.05) is 7.11 Å². The molecule has 0 fully saturated rings. The van der Waals surface area contributed by atoms with Gasteiger partial charge in [-0.1, -0.05) is 0 Å². The number of hydrogen-bond acceptors (Lipinski definition) is 8. The number of aliphatic hydroxyl groups is 1. The van der Waals surface area contributed by atoms with Gasteiger partial charge in [0.25, 0.3) is 0 Å². The smallest absolute Gasteiger partial charge is 0.417 e. The number of carbonyl (C=O) groups is 2. The molecule has 8 heteroatoms. The van der Waals surface area contributed by atoms with Crippen LogP contribution in [0.15, 0.2) is 5.34 Å². The minimum atomic E-state index is -0.979. The fourth-order valence-electron chi connectivity index (χ4n) is 0.167. The predicted molar refractivity (Wildman–Crippen MR) is 45.0 cm³/mol. The van der Waals surface area contributed by atoms with E-state index in [4.69, 9.17) is 10.0 Å². The van der Waals surface area contributed by atoms with E-state index < -0.39 is 11.9 Å². The minimum absolute atomic E-state index is 0.979. The number of carbonyl (C=O) groups excluding carboxylic acids is 2. The molecule has 0 aliphatic carbocycles. The first kappa shape index (κ1) is 18.2. The molecule has 0 atom stereocenters. The maximum Gasteiger partial charge on any atom is 0.417 e. The highest BCUT2D eigenvalue weighted by atomic mass is 16.7. The van der Waals surface area contributed by atoms with Crippen molar-refractivity contribution >= 4 is 11.9 Å². The Morgan fingerprint density at radius 1 is 1.00 bits per heavy atom. The SMILES string of the molecule is CO.COC(=O)C(=O)OC.CON=O. The third-order valence-electron chi connectivity index (χ3n) is 0.612. The Balaban J connectivity index is -0.000000170. The van der Waals surface area contributed by atoms with Gasteiger partial charge < -0.3 is 19.4 Å². The van der Waals surface area contributed by atoms with E-state index in [0.29, 0.717) is 0 Å². The average Bonchev–Trinajstić information content (AvgIpc) is 2.29. The summed E-state index contributed by atoms with van der Waals surface area (Å²) in [4.78, 5) is 32.4. The van der Waals surface area contributed by atoms with Gasteiger partial charge in [0.1, 0.15) is 7.11 Å². The Morgan fingerprint density at radius 3 is 1.29 bits per heavy atom. The van der Waals surface area contributed by atoms with Crippen LogP contribution >= 0.6 is 0 Å². The Morgan fingerprint density at radius 2 is 1.21 bits per heavy atom. The molecule has 1 N–H and O–H groups in total. The number of rotatable bonds is 1. The standard InChI is InChI=1S/C4H6O4.CH3NO2.CH4O/c1-7-3(5)4(6)8-2;1-4-2-3;1-2/h1-2H3;1H3;2H,1H3. The maximum atomic E-state index is 10.0. The molecule has 0 radical (unpaired) electrons. The first-order valence-corrected chi connectivity index (χ1v) is 3.10. The molecule has 0 aliphatic rings. The Bertz CT molecular complexity index is 144. The van der Waals surface area contributed by atoms with Crippen LogP contribution < -0.4 is 0 Å². The molecule has 14 heavy (non-hydrogen) atoms. The van der Waals surface area contributed by atoms with Crippen LogP contribution in [0.25, 0.3) is 0 Å². The van der Waals surface area contributed by atoms with Crippen LogP contribution in [0.3, 0.4) is 0 Å². The molecule has 0 aromatic rings. The average molecular weight is 211 g/mol. The third kappa shape index (κ3) is 16.7. The van der Waals surface area contributed by atoms with Crippen molar-refractivity contribution in [2.75, 3.05) is 28.4 Å². The normalized spacial score (nSPS) is 6.36. The highest BCUT2D eigenvalue weighted by Gasteiger charge is 2.11. The quantitative estimate of drug-likeness (QED) is 0.263. The zero-order valence-corrected chi connectivity index (χ0v) is 8.34. The summed E-state index contributed by atoms with van der Waals surface area (Å²) in [6.07, 6.45) is 0. The number of esters is 2. The summed E-state index contributed by atoms with van der Waals surface area (Å²) >= 11 is 0. The lowest BCUT2D eigenvalue weighted by atomic mass is 10.7. The molecule has 0 saturated heterocycles. The number of ether oxygens (including phenoxy) is 2. The highest BCUT2D eigenvalue weighted by molar-refractivity contribution is 6.29. The van der Waals surface area contributed by atoms with E-state index in [1.54, 1.807) is 0 Å². The van der Waals surface area contributed by atoms with Crippen LogP contribution in [0.4, 0.5) is 0 Å². The van der Waals surface area contributed by atoms with Crippen LogP contribution in [-0.2, 0) is 23.9 Å². The monoisotopic (exact) mass is 211 g/mol. The van der Waals surface area contributed by atoms with Crippen molar-refractivity contribution in [3.05, 3.63) is 4.91 Å². The second kappa shape index (κ2) is 17.4. The van der Waals surface area contributed by atoms with E-state index >= 15 is 0 Å². The van der Waals surface area contributed by atoms with E-state index in [1.807, 2.05) is 5.34 Å². The summed E-state index contributed by atoms with van der Waals surface area (Å²) in [6.45, 7) is 0. The molecule has 0 aromatic carbocycles. The van der Waals surface area contributed by atoms with Crippen LogP contribution in [-0.4, -0.2) is 45.5 Å². The van der Waals surface area contributed by atoms with Crippen molar-refractivity contribution in [3.63, 3.8) is 0 Å². The van der Waals surface area contributed by atoms with Crippen LogP contribution in [0.5, 0.6) is 0 Å². The molecule has 0 saturated carbocycles. The van der Waals surface area contributed by atoms with Gasteiger partial charge in [-0.25, -0.2) is 9.59 Å². The maximum absolute atomic E-state index is 10.0. The second-order valence-electron chi connectivity index (χ2n) is 1.24. The van der Waals surface area contributed by atoms with Gasteiger partial charge in [0.2, 0.25) is 0 Å². The van der Waals surface area contributed by atoms with Crippen LogP contribution in [0.2, 0.25) is 0 Å². The molecule has 0 heterocycles. The summed E-state index contributed by atoms with van der Waals surface area (Å²) in [5.41, 5.74) is 0. The third-order valence-corrected chi connectivity index (χ3v) is 0.612. The molecule has 0 spiro atoms. The van der Waals surface area contributed by atoms with E-state index in [1.165, 1.54) is 7.11 Å². The molecule has 0 bridgehead atoms. The van der Waals surface area contributed by atoms with Gasteiger partial charge in [-0.2, -0.15) is 0 Å². The van der Waals surface area contributed by atoms with Crippen LogP contribution in [0.1, 0.15) is 0 Å². The Hall–Kier alpha value is -1.70. The zero-order chi connectivity index (χ0) is 12.0. The largest absolute Gasteiger partial charge is 0.461 e. The van der Waals surface area contributed by atoms with Crippen LogP contribution in [0, 0.1) is 4.91 Å². The van der Waals surface area contributed by atoms with E-state index in [0.717, 1.165) is 21.3 Å². The van der Waals surface area contributed by atoms with Gasteiger partial charge in [-0.15, -0.1) is 4.91 Å². The highest BCUT2D eigenvalue weighted by Crippen LogP contribution is 1.75. The number of methoxy groups -OCH3 is 2. The first-order valence-electron chi connectivity index (χ1n) is 3.10. The van der Waals surface area contributed by atoms with Gasteiger partial charge in [0.05, 0.1) is 14.2 Å². The lowest BCUT2D eigenvalue weighted by Crippen LogP contribution is -2.16. The zero-order valence-electron chi connectivity index (χ0n) is 8.34. The molecular weight excluding hydrogens is 198 g/mol. The molecule has 0 unspecified atom stereocenters. The molecule has 0 rings (SSSR count).